The summed E-state index contributed by atoms with van der Waals surface area (Å²) in [5.74, 6) is -1.28. The third-order valence-corrected chi connectivity index (χ3v) is 5.92. The molecule has 0 aromatic rings. The third-order valence-electron chi connectivity index (χ3n) is 5.92. The van der Waals surface area contributed by atoms with Crippen molar-refractivity contribution in [3.8, 4) is 0 Å². The van der Waals surface area contributed by atoms with E-state index in [4.69, 9.17) is 5.11 Å². The van der Waals surface area contributed by atoms with Crippen molar-refractivity contribution in [2.24, 2.45) is 11.8 Å². The minimum atomic E-state index is -4.74. The first-order chi connectivity index (χ1) is 14.1. The number of Topliss-reactive ketones (excluding diaryl/α,β-unsaturated/α-hetero) is 2. The Morgan fingerprint density at radius 1 is 1.17 bits per heavy atom. The molecule has 1 saturated carbocycles. The Hall–Kier alpha value is -1.25. The standard InChI is InChI=1S/C22H35F3O5/c1-2-3-12-21(30,22(23,24)25)13-8-11-18-17(19(28)14-20(18)29)10-7-5-4-6-9-16(27)15-26/h8,11,17-18,20,26,29-30H,2-7,9-10,12-15H2,1H3/b11-8+/t17-,18-,20-,21?/m1/s1. The van der Waals surface area contributed by atoms with Crippen LogP contribution in [0, 0.1) is 11.8 Å². The van der Waals surface area contributed by atoms with Crippen molar-refractivity contribution in [1.82, 2.24) is 0 Å². The van der Waals surface area contributed by atoms with E-state index >= 15 is 0 Å². The van der Waals surface area contributed by atoms with Gasteiger partial charge in [-0.25, -0.2) is 0 Å². The zero-order valence-corrected chi connectivity index (χ0v) is 17.7. The summed E-state index contributed by atoms with van der Waals surface area (Å²) in [6, 6.07) is 0. The summed E-state index contributed by atoms with van der Waals surface area (Å²) in [5.41, 5.74) is -2.80. The van der Waals surface area contributed by atoms with Crippen molar-refractivity contribution in [1.29, 1.82) is 0 Å². The van der Waals surface area contributed by atoms with E-state index in [-0.39, 0.29) is 30.8 Å². The van der Waals surface area contributed by atoms with E-state index in [2.05, 4.69) is 0 Å². The van der Waals surface area contributed by atoms with Gasteiger partial charge in [-0.15, -0.1) is 0 Å². The second-order valence-corrected chi connectivity index (χ2v) is 8.34. The van der Waals surface area contributed by atoms with Crippen molar-refractivity contribution in [3.05, 3.63) is 12.2 Å². The summed E-state index contributed by atoms with van der Waals surface area (Å²) < 4.78 is 39.8. The van der Waals surface area contributed by atoms with Crippen LogP contribution in [0.25, 0.3) is 0 Å². The fourth-order valence-corrected chi connectivity index (χ4v) is 3.96. The maximum Gasteiger partial charge on any atom is 0.417 e. The molecular formula is C22H35F3O5. The van der Waals surface area contributed by atoms with Crippen LogP contribution in [-0.2, 0) is 9.59 Å². The summed E-state index contributed by atoms with van der Waals surface area (Å²) in [5, 5.41) is 28.9. The molecule has 0 radical (unpaired) electrons. The van der Waals surface area contributed by atoms with Crippen molar-refractivity contribution in [3.63, 3.8) is 0 Å². The molecule has 1 aliphatic carbocycles. The van der Waals surface area contributed by atoms with Crippen molar-refractivity contribution in [2.45, 2.75) is 95.4 Å². The molecule has 8 heteroatoms. The first-order valence-electron chi connectivity index (χ1n) is 10.8. The Kier molecular flexibility index (Phi) is 11.2. The first-order valence-corrected chi connectivity index (χ1v) is 10.8. The number of hydrogen-bond donors (Lipinski definition) is 3. The highest BCUT2D eigenvalue weighted by Crippen LogP contribution is 2.39. The largest absolute Gasteiger partial charge is 0.417 e. The van der Waals surface area contributed by atoms with Gasteiger partial charge in [-0.3, -0.25) is 9.59 Å². The zero-order chi connectivity index (χ0) is 22.8. The summed E-state index contributed by atoms with van der Waals surface area (Å²) in [4.78, 5) is 23.3. The smallest absolute Gasteiger partial charge is 0.392 e. The Balaban J connectivity index is 2.60. The van der Waals surface area contributed by atoms with Gasteiger partial charge in [0, 0.05) is 31.1 Å². The molecule has 5 nitrogen and oxygen atoms in total. The average Bonchev–Trinajstić information content (AvgIpc) is 2.94. The second kappa shape index (κ2) is 12.6. The lowest BCUT2D eigenvalue weighted by molar-refractivity contribution is -0.261. The van der Waals surface area contributed by atoms with Gasteiger partial charge in [0.15, 0.2) is 11.4 Å². The summed E-state index contributed by atoms with van der Waals surface area (Å²) in [6.07, 6.45) is 0.647. The van der Waals surface area contributed by atoms with Gasteiger partial charge < -0.3 is 15.3 Å². The summed E-state index contributed by atoms with van der Waals surface area (Å²) in [7, 11) is 0. The number of carbonyl (C=O) groups is 2. The van der Waals surface area contributed by atoms with Crippen LogP contribution in [0.15, 0.2) is 12.2 Å². The predicted octanol–water partition coefficient (Wildman–Crippen LogP) is 3.88. The van der Waals surface area contributed by atoms with Gasteiger partial charge in [0.05, 0.1) is 6.10 Å². The van der Waals surface area contributed by atoms with Gasteiger partial charge in [0.2, 0.25) is 0 Å². The molecule has 3 N–H and O–H groups in total. The molecule has 4 atom stereocenters. The number of aliphatic hydroxyl groups excluding tert-OH is 2. The van der Waals surface area contributed by atoms with Crippen LogP contribution in [0.3, 0.4) is 0 Å². The molecule has 0 saturated heterocycles. The molecule has 174 valence electrons. The highest BCUT2D eigenvalue weighted by Gasteiger charge is 2.52. The number of rotatable bonds is 14. The molecule has 0 aromatic heterocycles. The van der Waals surface area contributed by atoms with Crippen LogP contribution in [0.2, 0.25) is 0 Å². The summed E-state index contributed by atoms with van der Waals surface area (Å²) in [6.45, 7) is 1.30. The lowest BCUT2D eigenvalue weighted by Crippen LogP contribution is -2.44. The quantitative estimate of drug-likeness (QED) is 0.284. The SMILES string of the molecule is CCCCC(O)(C/C=C/[C@H]1[C@H](O)CC(=O)[C@@H]1CCCCCCC(=O)CO)C(F)(F)F. The van der Waals surface area contributed by atoms with E-state index in [9.17, 15) is 33.0 Å². The molecular weight excluding hydrogens is 401 g/mol. The molecule has 1 rings (SSSR count). The molecule has 1 aliphatic rings. The fraction of sp³-hybridized carbons (Fsp3) is 0.818. The molecule has 1 fully saturated rings. The Labute approximate surface area is 176 Å². The molecule has 0 aromatic carbocycles. The van der Waals surface area contributed by atoms with Gasteiger partial charge in [0.25, 0.3) is 0 Å². The van der Waals surface area contributed by atoms with E-state index in [0.29, 0.717) is 32.1 Å². The monoisotopic (exact) mass is 436 g/mol. The molecule has 30 heavy (non-hydrogen) atoms. The van der Waals surface area contributed by atoms with Gasteiger partial charge in [-0.2, -0.15) is 13.2 Å². The zero-order valence-electron chi connectivity index (χ0n) is 17.7. The van der Waals surface area contributed by atoms with E-state index in [1.165, 1.54) is 12.2 Å². The van der Waals surface area contributed by atoms with Crippen LogP contribution >= 0.6 is 0 Å². The third kappa shape index (κ3) is 8.12. The number of aliphatic hydroxyl groups is 3. The van der Waals surface area contributed by atoms with Crippen LogP contribution in [-0.4, -0.2) is 51.4 Å². The molecule has 1 unspecified atom stereocenters. The number of halogens is 3. The van der Waals surface area contributed by atoms with E-state index < -0.39 is 42.7 Å². The maximum absolute atomic E-state index is 13.3. The van der Waals surface area contributed by atoms with Crippen LogP contribution in [0.1, 0.15) is 77.6 Å². The highest BCUT2D eigenvalue weighted by molar-refractivity contribution is 5.84. The Bertz CT molecular complexity index is 576. The number of unbranched alkanes of at least 4 members (excludes halogenated alkanes) is 4. The maximum atomic E-state index is 13.3. The second-order valence-electron chi connectivity index (χ2n) is 8.34. The fourth-order valence-electron chi connectivity index (χ4n) is 3.96. The van der Waals surface area contributed by atoms with Gasteiger partial charge >= 0.3 is 6.18 Å². The normalized spacial score (nSPS) is 24.5. The first kappa shape index (κ1) is 26.8. The number of ketones is 2. The van der Waals surface area contributed by atoms with Crippen LogP contribution in [0.4, 0.5) is 13.2 Å². The Morgan fingerprint density at radius 2 is 1.83 bits per heavy atom. The minimum Gasteiger partial charge on any atom is -0.392 e. The highest BCUT2D eigenvalue weighted by atomic mass is 19.4. The lowest BCUT2D eigenvalue weighted by atomic mass is 9.87. The predicted molar refractivity (Wildman–Crippen MR) is 107 cm³/mol. The van der Waals surface area contributed by atoms with E-state index in [1.54, 1.807) is 6.92 Å². The van der Waals surface area contributed by atoms with Crippen molar-refractivity contribution < 1.29 is 38.1 Å². The number of carbonyl (C=O) groups excluding carboxylic acids is 2. The van der Waals surface area contributed by atoms with Gasteiger partial charge in [-0.1, -0.05) is 51.2 Å². The van der Waals surface area contributed by atoms with Crippen LogP contribution < -0.4 is 0 Å². The molecule has 0 spiro atoms. The molecule has 0 aliphatic heterocycles. The van der Waals surface area contributed by atoms with Crippen molar-refractivity contribution >= 4 is 11.6 Å². The number of alkyl halides is 3. The molecule has 0 heterocycles. The van der Waals surface area contributed by atoms with E-state index in [1.807, 2.05) is 0 Å². The number of hydrogen-bond acceptors (Lipinski definition) is 5. The average molecular weight is 437 g/mol. The Morgan fingerprint density at radius 3 is 2.43 bits per heavy atom. The minimum absolute atomic E-state index is 0.00987. The van der Waals surface area contributed by atoms with Gasteiger partial charge in [-0.05, 0) is 19.3 Å². The van der Waals surface area contributed by atoms with Crippen LogP contribution in [0.5, 0.6) is 0 Å². The van der Waals surface area contributed by atoms with Crippen molar-refractivity contribution in [2.75, 3.05) is 6.61 Å². The topological polar surface area (TPSA) is 94.8 Å². The molecule has 0 amide bonds. The summed E-state index contributed by atoms with van der Waals surface area (Å²) >= 11 is 0. The van der Waals surface area contributed by atoms with E-state index in [0.717, 1.165) is 12.8 Å². The lowest BCUT2D eigenvalue weighted by Gasteiger charge is -2.29. The molecule has 0 bridgehead atoms. The van der Waals surface area contributed by atoms with Gasteiger partial charge in [0.1, 0.15) is 12.4 Å².